The molecule has 0 radical (unpaired) electrons. The molecular formula is C23H26FN5O2S. The Bertz CT molecular complexity index is 1170. The van der Waals surface area contributed by atoms with E-state index < -0.39 is 5.60 Å². The number of aromatic amines is 2. The fraction of sp³-hybridized carbons (Fsp3) is 0.391. The fourth-order valence-electron chi connectivity index (χ4n) is 3.82. The number of benzene rings is 1. The molecule has 0 saturated carbocycles. The van der Waals surface area contributed by atoms with Crippen LogP contribution in [-0.2, 0) is 4.74 Å². The van der Waals surface area contributed by atoms with Gasteiger partial charge in [0.2, 0.25) is 0 Å². The number of ether oxygens (including phenoxy) is 1. The van der Waals surface area contributed by atoms with Crippen molar-refractivity contribution in [1.82, 2.24) is 24.8 Å². The Kier molecular flexibility index (Phi) is 6.10. The van der Waals surface area contributed by atoms with Gasteiger partial charge in [-0.3, -0.25) is 4.90 Å². The van der Waals surface area contributed by atoms with Crippen molar-refractivity contribution in [3.8, 4) is 22.6 Å². The monoisotopic (exact) mass is 455 g/mol. The molecule has 1 saturated heterocycles. The molecule has 1 aliphatic rings. The number of rotatable bonds is 3. The predicted octanol–water partition coefficient (Wildman–Crippen LogP) is 5.80. The summed E-state index contributed by atoms with van der Waals surface area (Å²) in [7, 11) is 0. The number of aromatic nitrogens is 4. The molecular weight excluding hydrogens is 429 g/mol. The van der Waals surface area contributed by atoms with Crippen molar-refractivity contribution in [1.29, 1.82) is 0 Å². The van der Waals surface area contributed by atoms with Crippen LogP contribution in [0.3, 0.4) is 0 Å². The Morgan fingerprint density at radius 1 is 1.19 bits per heavy atom. The van der Waals surface area contributed by atoms with E-state index in [2.05, 4.69) is 15.0 Å². The van der Waals surface area contributed by atoms with Crippen LogP contribution in [-0.4, -0.2) is 43.1 Å². The summed E-state index contributed by atoms with van der Waals surface area (Å²) in [6.07, 6.45) is 4.00. The van der Waals surface area contributed by atoms with Crippen molar-refractivity contribution < 1.29 is 13.9 Å². The zero-order valence-electron chi connectivity index (χ0n) is 18.3. The van der Waals surface area contributed by atoms with Crippen molar-refractivity contribution in [2.45, 2.75) is 51.7 Å². The molecule has 2 aromatic heterocycles. The van der Waals surface area contributed by atoms with E-state index in [4.69, 9.17) is 21.9 Å². The van der Waals surface area contributed by atoms with E-state index in [9.17, 15) is 9.18 Å². The predicted molar refractivity (Wildman–Crippen MR) is 122 cm³/mol. The van der Waals surface area contributed by atoms with Gasteiger partial charge in [-0.2, -0.15) is 0 Å². The number of nitrogens with zero attached hydrogens (tertiary/aromatic N) is 3. The zero-order chi connectivity index (χ0) is 22.9. The smallest absolute Gasteiger partial charge is 0.410 e. The summed E-state index contributed by atoms with van der Waals surface area (Å²) in [5, 5.41) is 0. The van der Waals surface area contributed by atoms with Crippen molar-refractivity contribution in [3.63, 3.8) is 0 Å². The van der Waals surface area contributed by atoms with Crippen LogP contribution in [0.4, 0.5) is 9.18 Å². The Morgan fingerprint density at radius 3 is 2.62 bits per heavy atom. The summed E-state index contributed by atoms with van der Waals surface area (Å²) in [5.74, 6) is 0.320. The van der Waals surface area contributed by atoms with Crippen LogP contribution < -0.4 is 0 Å². The summed E-state index contributed by atoms with van der Waals surface area (Å²) >= 11 is 5.19. The van der Waals surface area contributed by atoms with E-state index in [-0.39, 0.29) is 18.0 Å². The highest BCUT2D eigenvalue weighted by molar-refractivity contribution is 7.71. The van der Waals surface area contributed by atoms with E-state index in [0.29, 0.717) is 34.2 Å². The molecule has 0 bridgehead atoms. The second-order valence-corrected chi connectivity index (χ2v) is 9.20. The lowest BCUT2D eigenvalue weighted by Gasteiger charge is -2.35. The van der Waals surface area contributed by atoms with Crippen LogP contribution in [0.1, 0.15) is 51.9 Å². The molecule has 1 fully saturated rings. The third-order valence-corrected chi connectivity index (χ3v) is 5.42. The van der Waals surface area contributed by atoms with Crippen LogP contribution >= 0.6 is 12.2 Å². The Hall–Kier alpha value is -3.07. The number of imidazole rings is 1. The molecule has 7 nitrogen and oxygen atoms in total. The SMILES string of the molecule is CC(C)(C)OC(=O)N1CCCCC1c1nc(-c2ccc(F)cc2)c(-c2cc[nH]c(=S)n2)[nH]1. The average molecular weight is 456 g/mol. The number of likely N-dealkylation sites (tertiary alicyclic amines) is 1. The maximum absolute atomic E-state index is 13.5. The minimum Gasteiger partial charge on any atom is -0.444 e. The number of carbonyl (C=O) groups is 1. The van der Waals surface area contributed by atoms with E-state index >= 15 is 0 Å². The van der Waals surface area contributed by atoms with Crippen molar-refractivity contribution in [3.05, 3.63) is 52.9 Å². The first kappa shape index (κ1) is 22.1. The van der Waals surface area contributed by atoms with Crippen molar-refractivity contribution >= 4 is 18.3 Å². The number of hydrogen-bond donors (Lipinski definition) is 2. The van der Waals surface area contributed by atoms with Gasteiger partial charge in [0, 0.05) is 18.3 Å². The van der Waals surface area contributed by atoms with E-state index in [1.165, 1.54) is 12.1 Å². The molecule has 32 heavy (non-hydrogen) atoms. The minimum absolute atomic E-state index is 0.259. The van der Waals surface area contributed by atoms with Gasteiger partial charge >= 0.3 is 6.09 Å². The Labute approximate surface area is 191 Å². The summed E-state index contributed by atoms with van der Waals surface area (Å²) in [5.41, 5.74) is 2.07. The lowest BCUT2D eigenvalue weighted by molar-refractivity contribution is 0.00854. The largest absolute Gasteiger partial charge is 0.444 e. The second-order valence-electron chi connectivity index (χ2n) is 8.82. The molecule has 1 aromatic carbocycles. The zero-order valence-corrected chi connectivity index (χ0v) is 19.1. The van der Waals surface area contributed by atoms with E-state index in [1.807, 2.05) is 20.8 Å². The van der Waals surface area contributed by atoms with Gasteiger partial charge in [-0.05, 0) is 82.6 Å². The first-order chi connectivity index (χ1) is 15.2. The van der Waals surface area contributed by atoms with Gasteiger partial charge < -0.3 is 14.7 Å². The van der Waals surface area contributed by atoms with E-state index in [0.717, 1.165) is 24.8 Å². The third-order valence-electron chi connectivity index (χ3n) is 5.21. The van der Waals surface area contributed by atoms with Gasteiger partial charge in [0.05, 0.1) is 23.1 Å². The van der Waals surface area contributed by atoms with Crippen LogP contribution in [0.5, 0.6) is 0 Å². The first-order valence-corrected chi connectivity index (χ1v) is 11.0. The quantitative estimate of drug-likeness (QED) is 0.488. The molecule has 1 aliphatic heterocycles. The first-order valence-electron chi connectivity index (χ1n) is 10.6. The number of H-pyrrole nitrogens is 2. The normalized spacial score (nSPS) is 16.8. The molecule has 4 rings (SSSR count). The van der Waals surface area contributed by atoms with Gasteiger partial charge in [-0.1, -0.05) is 0 Å². The summed E-state index contributed by atoms with van der Waals surface area (Å²) in [4.78, 5) is 30.2. The molecule has 1 amide bonds. The number of halogens is 1. The van der Waals surface area contributed by atoms with Crippen molar-refractivity contribution in [2.75, 3.05) is 6.54 Å². The molecule has 2 N–H and O–H groups in total. The van der Waals surface area contributed by atoms with Gasteiger partial charge in [0.1, 0.15) is 17.2 Å². The molecule has 0 spiro atoms. The minimum atomic E-state index is -0.586. The number of piperidine rings is 1. The lowest BCUT2D eigenvalue weighted by atomic mass is 10.0. The Balaban J connectivity index is 1.78. The number of carbonyl (C=O) groups excluding carboxylic acids is 1. The van der Waals surface area contributed by atoms with Gasteiger partial charge in [0.15, 0.2) is 4.77 Å². The highest BCUT2D eigenvalue weighted by Crippen LogP contribution is 2.36. The second kappa shape index (κ2) is 8.82. The molecule has 9 heteroatoms. The van der Waals surface area contributed by atoms with Crippen molar-refractivity contribution in [2.24, 2.45) is 0 Å². The molecule has 168 valence electrons. The molecule has 1 unspecified atom stereocenters. The van der Waals surface area contributed by atoms with Crippen LogP contribution in [0.15, 0.2) is 36.5 Å². The van der Waals surface area contributed by atoms with Crippen LogP contribution in [0.25, 0.3) is 22.6 Å². The standard InChI is InChI=1S/C23H26FN5O2S/c1-23(2,3)31-22(30)29-13-5-4-6-17(29)20-27-18(14-7-9-15(24)10-8-14)19(28-20)16-11-12-25-21(32)26-16/h7-12,17H,4-6,13H2,1-3H3,(H,27,28)(H,25,26,32). The molecule has 3 aromatic rings. The number of amides is 1. The van der Waals surface area contributed by atoms with Gasteiger partial charge in [0.25, 0.3) is 0 Å². The number of hydrogen-bond acceptors (Lipinski definition) is 5. The fourth-order valence-corrected chi connectivity index (χ4v) is 3.98. The Morgan fingerprint density at radius 2 is 1.94 bits per heavy atom. The molecule has 0 aliphatic carbocycles. The van der Waals surface area contributed by atoms with Crippen LogP contribution in [0.2, 0.25) is 0 Å². The number of nitrogens with one attached hydrogen (secondary N) is 2. The maximum atomic E-state index is 13.5. The highest BCUT2D eigenvalue weighted by atomic mass is 32.1. The van der Waals surface area contributed by atoms with Gasteiger partial charge in [-0.15, -0.1) is 0 Å². The highest BCUT2D eigenvalue weighted by Gasteiger charge is 2.34. The van der Waals surface area contributed by atoms with E-state index in [1.54, 1.807) is 29.3 Å². The molecule has 1 atom stereocenters. The maximum Gasteiger partial charge on any atom is 0.410 e. The van der Waals surface area contributed by atoms with Crippen LogP contribution in [0, 0.1) is 10.6 Å². The average Bonchev–Trinajstić information content (AvgIpc) is 3.18. The summed E-state index contributed by atoms with van der Waals surface area (Å²) in [6.45, 7) is 6.15. The molecule has 3 heterocycles. The summed E-state index contributed by atoms with van der Waals surface area (Å²) < 4.78 is 19.5. The topological polar surface area (TPSA) is 86.9 Å². The summed E-state index contributed by atoms with van der Waals surface area (Å²) in [6, 6.07) is 7.68. The lowest BCUT2D eigenvalue weighted by Crippen LogP contribution is -2.42. The third kappa shape index (κ3) is 4.88. The van der Waals surface area contributed by atoms with Gasteiger partial charge in [-0.25, -0.2) is 19.2 Å².